The highest BCUT2D eigenvalue weighted by Crippen LogP contribution is 2.11. The van der Waals surface area contributed by atoms with E-state index < -0.39 is 0 Å². The smallest absolute Gasteiger partial charge is 0.251 e. The lowest BCUT2D eigenvalue weighted by atomic mass is 10.2. The number of carbonyl (C=O) groups is 1. The third-order valence-corrected chi connectivity index (χ3v) is 3.11. The number of hydrogen-bond acceptors (Lipinski definition) is 3. The maximum atomic E-state index is 12.0. The lowest BCUT2D eigenvalue weighted by Gasteiger charge is -2.04. The molecule has 6 nitrogen and oxygen atoms in total. The molecule has 0 fully saturated rings. The van der Waals surface area contributed by atoms with Crippen molar-refractivity contribution in [3.05, 3.63) is 48.3 Å². The zero-order valence-electron chi connectivity index (χ0n) is 11.1. The van der Waals surface area contributed by atoms with Crippen LogP contribution in [0.15, 0.2) is 37.1 Å². The molecule has 0 unspecified atom stereocenters. The van der Waals surface area contributed by atoms with Crippen molar-refractivity contribution in [2.24, 2.45) is 7.05 Å². The quantitative estimate of drug-likeness (QED) is 0.749. The van der Waals surface area contributed by atoms with Crippen LogP contribution in [0.5, 0.6) is 0 Å². The monoisotopic (exact) mass is 269 g/mol. The molecular formula is C14H15N5O. The normalized spacial score (nSPS) is 10.8. The topological polar surface area (TPSA) is 75.6 Å². The van der Waals surface area contributed by atoms with E-state index in [9.17, 15) is 4.79 Å². The van der Waals surface area contributed by atoms with Crippen LogP contribution in [0.4, 0.5) is 0 Å². The first-order valence-electron chi connectivity index (χ1n) is 6.40. The van der Waals surface area contributed by atoms with Crippen LogP contribution in [-0.4, -0.2) is 32.0 Å². The van der Waals surface area contributed by atoms with Crippen molar-refractivity contribution in [1.29, 1.82) is 0 Å². The van der Waals surface area contributed by atoms with Gasteiger partial charge in [0.2, 0.25) is 0 Å². The number of fused-ring (bicyclic) bond motifs is 1. The molecule has 3 rings (SSSR count). The van der Waals surface area contributed by atoms with Crippen molar-refractivity contribution in [3.8, 4) is 0 Å². The number of rotatable bonds is 4. The maximum Gasteiger partial charge on any atom is 0.251 e. The first-order chi connectivity index (χ1) is 9.72. The fourth-order valence-electron chi connectivity index (χ4n) is 2.08. The molecule has 0 saturated carbocycles. The summed E-state index contributed by atoms with van der Waals surface area (Å²) < 4.78 is 1.89. The van der Waals surface area contributed by atoms with E-state index in [1.54, 1.807) is 24.8 Å². The Kier molecular flexibility index (Phi) is 3.20. The predicted molar refractivity (Wildman–Crippen MR) is 75.3 cm³/mol. The Labute approximate surface area is 115 Å². The van der Waals surface area contributed by atoms with Gasteiger partial charge in [-0.3, -0.25) is 4.79 Å². The summed E-state index contributed by atoms with van der Waals surface area (Å²) in [5.74, 6) is -0.0857. The number of benzene rings is 1. The highest BCUT2D eigenvalue weighted by molar-refractivity contribution is 5.97. The second kappa shape index (κ2) is 5.16. The summed E-state index contributed by atoms with van der Waals surface area (Å²) >= 11 is 0. The zero-order valence-corrected chi connectivity index (χ0v) is 11.1. The number of H-pyrrole nitrogens is 1. The first-order valence-corrected chi connectivity index (χ1v) is 6.40. The molecule has 6 heteroatoms. The van der Waals surface area contributed by atoms with Gasteiger partial charge >= 0.3 is 0 Å². The number of imidazole rings is 2. The zero-order chi connectivity index (χ0) is 13.9. The molecule has 0 aliphatic heterocycles. The van der Waals surface area contributed by atoms with Gasteiger partial charge < -0.3 is 14.9 Å². The molecule has 1 amide bonds. The number of hydrogen-bond donors (Lipinski definition) is 2. The average molecular weight is 269 g/mol. The molecular weight excluding hydrogens is 254 g/mol. The number of carbonyl (C=O) groups excluding carboxylic acids is 1. The highest BCUT2D eigenvalue weighted by Gasteiger charge is 2.07. The predicted octanol–water partition coefficient (Wildman–Crippen LogP) is 1.27. The van der Waals surface area contributed by atoms with Gasteiger partial charge in [0.25, 0.3) is 5.91 Å². The molecule has 0 bridgehead atoms. The Morgan fingerprint density at radius 1 is 1.40 bits per heavy atom. The largest absolute Gasteiger partial charge is 0.352 e. The van der Waals surface area contributed by atoms with Gasteiger partial charge in [0, 0.05) is 31.8 Å². The third kappa shape index (κ3) is 2.54. The molecule has 0 spiro atoms. The number of nitrogens with zero attached hydrogens (tertiary/aromatic N) is 3. The Hall–Kier alpha value is -2.63. The third-order valence-electron chi connectivity index (χ3n) is 3.11. The van der Waals surface area contributed by atoms with E-state index >= 15 is 0 Å². The number of nitrogens with one attached hydrogen (secondary N) is 2. The van der Waals surface area contributed by atoms with Gasteiger partial charge in [-0.25, -0.2) is 9.97 Å². The lowest BCUT2D eigenvalue weighted by Crippen LogP contribution is -2.25. The van der Waals surface area contributed by atoms with Crippen LogP contribution in [0.3, 0.4) is 0 Å². The molecule has 2 aromatic heterocycles. The first kappa shape index (κ1) is 12.4. The molecule has 0 aliphatic carbocycles. The van der Waals surface area contributed by atoms with E-state index in [1.165, 1.54) is 0 Å². The van der Waals surface area contributed by atoms with Crippen LogP contribution in [0.1, 0.15) is 16.1 Å². The standard InChI is InChI=1S/C14H15N5O/c1-19-7-11(18-9-19)4-5-15-14(20)10-2-3-12-13(6-10)17-8-16-12/h2-3,6-9H,4-5H2,1H3,(H,15,20)(H,16,17). The Bertz CT molecular complexity index is 743. The molecule has 20 heavy (non-hydrogen) atoms. The summed E-state index contributed by atoms with van der Waals surface area (Å²) in [6, 6.07) is 5.41. The maximum absolute atomic E-state index is 12.0. The van der Waals surface area contributed by atoms with Crippen molar-refractivity contribution in [2.75, 3.05) is 6.54 Å². The van der Waals surface area contributed by atoms with Crippen LogP contribution in [0.25, 0.3) is 11.0 Å². The van der Waals surface area contributed by atoms with Crippen molar-refractivity contribution in [3.63, 3.8) is 0 Å². The van der Waals surface area contributed by atoms with Crippen LogP contribution in [-0.2, 0) is 13.5 Å². The van der Waals surface area contributed by atoms with E-state index in [1.807, 2.05) is 23.9 Å². The van der Waals surface area contributed by atoms with Crippen molar-refractivity contribution in [1.82, 2.24) is 24.8 Å². The van der Waals surface area contributed by atoms with E-state index in [-0.39, 0.29) is 5.91 Å². The van der Waals surface area contributed by atoms with Crippen LogP contribution < -0.4 is 5.32 Å². The van der Waals surface area contributed by atoms with Gasteiger partial charge in [-0.05, 0) is 18.2 Å². The van der Waals surface area contributed by atoms with Gasteiger partial charge in [-0.2, -0.15) is 0 Å². The molecule has 0 atom stereocenters. The Balaban J connectivity index is 1.61. The molecule has 0 radical (unpaired) electrons. The molecule has 2 N–H and O–H groups in total. The number of amides is 1. The van der Waals surface area contributed by atoms with Crippen molar-refractivity contribution in [2.45, 2.75) is 6.42 Å². The highest BCUT2D eigenvalue weighted by atomic mass is 16.1. The lowest BCUT2D eigenvalue weighted by molar-refractivity contribution is 0.0954. The van der Waals surface area contributed by atoms with Gasteiger partial charge in [0.1, 0.15) is 0 Å². The fourth-order valence-corrected chi connectivity index (χ4v) is 2.08. The van der Waals surface area contributed by atoms with Gasteiger partial charge in [-0.15, -0.1) is 0 Å². The summed E-state index contributed by atoms with van der Waals surface area (Å²) in [6.45, 7) is 0.566. The molecule has 0 saturated heterocycles. The molecule has 102 valence electrons. The summed E-state index contributed by atoms with van der Waals surface area (Å²) in [7, 11) is 1.93. The minimum atomic E-state index is -0.0857. The van der Waals surface area contributed by atoms with E-state index in [0.717, 1.165) is 23.1 Å². The SMILES string of the molecule is Cn1cnc(CCNC(=O)c2ccc3nc[nH]c3c2)c1. The molecule has 0 aliphatic rings. The van der Waals surface area contributed by atoms with Crippen LogP contribution in [0, 0.1) is 0 Å². The molecule has 3 aromatic rings. The number of aromatic amines is 1. The second-order valence-electron chi connectivity index (χ2n) is 4.67. The van der Waals surface area contributed by atoms with Crippen LogP contribution in [0.2, 0.25) is 0 Å². The minimum absolute atomic E-state index is 0.0857. The summed E-state index contributed by atoms with van der Waals surface area (Å²) in [5.41, 5.74) is 3.32. The Morgan fingerprint density at radius 2 is 2.30 bits per heavy atom. The average Bonchev–Trinajstić information content (AvgIpc) is 3.06. The number of aryl methyl sites for hydroxylation is 1. The van der Waals surface area contributed by atoms with Gasteiger partial charge in [0.15, 0.2) is 0 Å². The van der Waals surface area contributed by atoms with Gasteiger partial charge in [0.05, 0.1) is 29.4 Å². The van der Waals surface area contributed by atoms with E-state index in [2.05, 4.69) is 20.3 Å². The summed E-state index contributed by atoms with van der Waals surface area (Å²) in [6.07, 6.45) is 6.04. The summed E-state index contributed by atoms with van der Waals surface area (Å²) in [4.78, 5) is 23.4. The minimum Gasteiger partial charge on any atom is -0.352 e. The van der Waals surface area contributed by atoms with E-state index in [0.29, 0.717) is 12.1 Å². The fraction of sp³-hybridized carbons (Fsp3) is 0.214. The second-order valence-corrected chi connectivity index (χ2v) is 4.67. The molecule has 1 aromatic carbocycles. The van der Waals surface area contributed by atoms with Crippen molar-refractivity contribution < 1.29 is 4.79 Å². The molecule has 2 heterocycles. The van der Waals surface area contributed by atoms with Gasteiger partial charge in [-0.1, -0.05) is 0 Å². The summed E-state index contributed by atoms with van der Waals surface area (Å²) in [5, 5.41) is 2.89. The van der Waals surface area contributed by atoms with Crippen LogP contribution >= 0.6 is 0 Å². The number of aromatic nitrogens is 4. The Morgan fingerprint density at radius 3 is 3.10 bits per heavy atom. The van der Waals surface area contributed by atoms with Crippen molar-refractivity contribution >= 4 is 16.9 Å². The van der Waals surface area contributed by atoms with E-state index in [4.69, 9.17) is 0 Å².